The lowest BCUT2D eigenvalue weighted by molar-refractivity contribution is -0.138. The van der Waals surface area contributed by atoms with Crippen molar-refractivity contribution < 1.29 is 19.5 Å². The summed E-state index contributed by atoms with van der Waals surface area (Å²) in [7, 11) is 2.01. The van der Waals surface area contributed by atoms with Gasteiger partial charge in [0.25, 0.3) is 0 Å². The second-order valence-electron chi connectivity index (χ2n) is 5.27. The first-order valence-electron chi connectivity index (χ1n) is 7.11. The van der Waals surface area contributed by atoms with E-state index in [9.17, 15) is 14.4 Å². The molecule has 4 N–H and O–H groups in total. The third-order valence-corrected chi connectivity index (χ3v) is 3.52. The Balaban J connectivity index is 2.15. The summed E-state index contributed by atoms with van der Waals surface area (Å²) in [6, 6.07) is -0.975. The second kappa shape index (κ2) is 8.58. The summed E-state index contributed by atoms with van der Waals surface area (Å²) in [6.45, 7) is 3.31. The molecule has 120 valence electrons. The van der Waals surface area contributed by atoms with Crippen molar-refractivity contribution in [3.05, 3.63) is 0 Å². The molecule has 0 aromatic heterocycles. The molecular formula is C13H24N4O4. The van der Waals surface area contributed by atoms with Gasteiger partial charge >= 0.3 is 5.97 Å². The Morgan fingerprint density at radius 1 is 1.19 bits per heavy atom. The first-order chi connectivity index (χ1) is 9.90. The van der Waals surface area contributed by atoms with Gasteiger partial charge in [0.2, 0.25) is 11.8 Å². The highest BCUT2D eigenvalue weighted by atomic mass is 16.4. The molecule has 1 rings (SSSR count). The Morgan fingerprint density at radius 2 is 1.81 bits per heavy atom. The Morgan fingerprint density at radius 3 is 2.38 bits per heavy atom. The molecule has 1 saturated heterocycles. The van der Waals surface area contributed by atoms with Crippen LogP contribution in [0.25, 0.3) is 0 Å². The first kappa shape index (κ1) is 17.4. The van der Waals surface area contributed by atoms with E-state index in [1.807, 2.05) is 7.05 Å². The zero-order valence-electron chi connectivity index (χ0n) is 12.4. The van der Waals surface area contributed by atoms with E-state index in [0.29, 0.717) is 13.1 Å². The fourth-order valence-electron chi connectivity index (χ4n) is 2.01. The topological polar surface area (TPSA) is 116 Å². The standard InChI is InChI=1S/C13H24N4O4/c1-16-6-8-17(9-7-16)12(19)3-2-11(18)15-5-4-10(14)13(20)21/h10H,2-9,14H2,1H3,(H,15,18)(H,20,21). The third kappa shape index (κ3) is 6.54. The zero-order valence-corrected chi connectivity index (χ0v) is 12.4. The third-order valence-electron chi connectivity index (χ3n) is 3.52. The van der Waals surface area contributed by atoms with Crippen molar-refractivity contribution in [2.75, 3.05) is 39.8 Å². The van der Waals surface area contributed by atoms with Crippen LogP contribution in [0.5, 0.6) is 0 Å². The number of carbonyl (C=O) groups excluding carboxylic acids is 2. The van der Waals surface area contributed by atoms with Crippen molar-refractivity contribution in [1.29, 1.82) is 0 Å². The van der Waals surface area contributed by atoms with Gasteiger partial charge in [0.15, 0.2) is 0 Å². The monoisotopic (exact) mass is 300 g/mol. The van der Waals surface area contributed by atoms with Gasteiger partial charge < -0.3 is 26.0 Å². The lowest BCUT2D eigenvalue weighted by atomic mass is 10.2. The molecule has 0 aromatic rings. The number of nitrogens with one attached hydrogen (secondary N) is 1. The maximum atomic E-state index is 11.9. The van der Waals surface area contributed by atoms with Crippen molar-refractivity contribution in [3.63, 3.8) is 0 Å². The molecule has 1 atom stereocenters. The molecule has 21 heavy (non-hydrogen) atoms. The molecule has 0 bridgehead atoms. The van der Waals surface area contributed by atoms with Crippen LogP contribution >= 0.6 is 0 Å². The van der Waals surface area contributed by atoms with Crippen LogP contribution in [0.3, 0.4) is 0 Å². The lowest BCUT2D eigenvalue weighted by Crippen LogP contribution is -2.47. The summed E-state index contributed by atoms with van der Waals surface area (Å²) < 4.78 is 0. The molecule has 1 aliphatic heterocycles. The summed E-state index contributed by atoms with van der Waals surface area (Å²) in [5, 5.41) is 11.2. The number of likely N-dealkylation sites (N-methyl/N-ethyl adjacent to an activating group) is 1. The number of nitrogens with two attached hydrogens (primary N) is 1. The minimum Gasteiger partial charge on any atom is -0.480 e. The summed E-state index contributed by atoms with van der Waals surface area (Å²) in [5.41, 5.74) is 5.32. The van der Waals surface area contributed by atoms with Gasteiger partial charge in [0.1, 0.15) is 6.04 Å². The van der Waals surface area contributed by atoms with Crippen LogP contribution in [0.15, 0.2) is 0 Å². The number of carboxylic acids is 1. The van der Waals surface area contributed by atoms with E-state index >= 15 is 0 Å². The molecule has 0 aromatic carbocycles. The number of carbonyl (C=O) groups is 3. The van der Waals surface area contributed by atoms with Gasteiger partial charge in [-0.3, -0.25) is 14.4 Å². The van der Waals surface area contributed by atoms with E-state index < -0.39 is 12.0 Å². The average molecular weight is 300 g/mol. The Bertz CT molecular complexity index is 380. The van der Waals surface area contributed by atoms with E-state index in [4.69, 9.17) is 10.8 Å². The Kier molecular flexibility index (Phi) is 7.10. The number of hydrogen-bond donors (Lipinski definition) is 3. The highest BCUT2D eigenvalue weighted by Gasteiger charge is 2.19. The van der Waals surface area contributed by atoms with E-state index in [1.54, 1.807) is 4.90 Å². The molecule has 8 nitrogen and oxygen atoms in total. The number of hydrogen-bond acceptors (Lipinski definition) is 5. The molecule has 0 aliphatic carbocycles. The molecule has 8 heteroatoms. The minimum absolute atomic E-state index is 0.0134. The van der Waals surface area contributed by atoms with Gasteiger partial charge in [0.05, 0.1) is 0 Å². The summed E-state index contributed by atoms with van der Waals surface area (Å²) in [5.74, 6) is -1.36. The van der Waals surface area contributed by atoms with E-state index in [0.717, 1.165) is 13.1 Å². The number of piperazine rings is 1. The number of nitrogens with zero attached hydrogens (tertiary/aromatic N) is 2. The summed E-state index contributed by atoms with van der Waals surface area (Å²) in [6.07, 6.45) is 0.474. The van der Waals surface area contributed by atoms with E-state index in [2.05, 4.69) is 10.2 Å². The Hall–Kier alpha value is -1.67. The van der Waals surface area contributed by atoms with Crippen molar-refractivity contribution >= 4 is 17.8 Å². The van der Waals surface area contributed by atoms with Gasteiger partial charge in [0, 0.05) is 45.6 Å². The second-order valence-corrected chi connectivity index (χ2v) is 5.27. The molecule has 0 saturated carbocycles. The van der Waals surface area contributed by atoms with E-state index in [-0.39, 0.29) is 37.6 Å². The van der Waals surface area contributed by atoms with Gasteiger partial charge in [-0.15, -0.1) is 0 Å². The minimum atomic E-state index is -1.09. The normalized spacial score (nSPS) is 17.3. The van der Waals surface area contributed by atoms with Gasteiger partial charge in [-0.1, -0.05) is 0 Å². The van der Waals surface area contributed by atoms with Crippen LogP contribution in [0.4, 0.5) is 0 Å². The fraction of sp³-hybridized carbons (Fsp3) is 0.769. The van der Waals surface area contributed by atoms with Crippen molar-refractivity contribution in [1.82, 2.24) is 15.1 Å². The Labute approximate surface area is 124 Å². The van der Waals surface area contributed by atoms with Crippen LogP contribution < -0.4 is 11.1 Å². The molecular weight excluding hydrogens is 276 g/mol. The molecule has 1 unspecified atom stereocenters. The van der Waals surface area contributed by atoms with Crippen molar-refractivity contribution in [3.8, 4) is 0 Å². The molecule has 1 aliphatic rings. The van der Waals surface area contributed by atoms with Crippen molar-refractivity contribution in [2.24, 2.45) is 5.73 Å². The molecule has 2 amide bonds. The van der Waals surface area contributed by atoms with Crippen LogP contribution in [0.2, 0.25) is 0 Å². The number of aliphatic carboxylic acids is 1. The first-order valence-corrected chi connectivity index (χ1v) is 7.11. The summed E-state index contributed by atoms with van der Waals surface area (Å²) in [4.78, 5) is 37.9. The van der Waals surface area contributed by atoms with Crippen LogP contribution in [0, 0.1) is 0 Å². The number of amides is 2. The van der Waals surface area contributed by atoms with Crippen LogP contribution in [0.1, 0.15) is 19.3 Å². The SMILES string of the molecule is CN1CCN(C(=O)CCC(=O)NCCC(N)C(=O)O)CC1. The van der Waals surface area contributed by atoms with E-state index in [1.165, 1.54) is 0 Å². The highest BCUT2D eigenvalue weighted by molar-refractivity contribution is 5.83. The van der Waals surface area contributed by atoms with Gasteiger partial charge in [-0.05, 0) is 13.5 Å². The largest absolute Gasteiger partial charge is 0.480 e. The molecule has 1 fully saturated rings. The van der Waals surface area contributed by atoms with Gasteiger partial charge in [-0.2, -0.15) is 0 Å². The molecule has 0 spiro atoms. The van der Waals surface area contributed by atoms with Crippen LogP contribution in [-0.4, -0.2) is 78.5 Å². The maximum Gasteiger partial charge on any atom is 0.320 e. The average Bonchev–Trinajstić information content (AvgIpc) is 2.45. The lowest BCUT2D eigenvalue weighted by Gasteiger charge is -2.32. The highest BCUT2D eigenvalue weighted by Crippen LogP contribution is 2.03. The zero-order chi connectivity index (χ0) is 15.8. The molecule has 0 radical (unpaired) electrons. The quantitative estimate of drug-likeness (QED) is 0.525. The number of rotatable bonds is 7. The van der Waals surface area contributed by atoms with Crippen molar-refractivity contribution in [2.45, 2.75) is 25.3 Å². The predicted octanol–water partition coefficient (Wildman–Crippen LogP) is -1.54. The molecule has 1 heterocycles. The maximum absolute atomic E-state index is 11.9. The van der Waals surface area contributed by atoms with Gasteiger partial charge in [-0.25, -0.2) is 0 Å². The predicted molar refractivity (Wildman–Crippen MR) is 76.5 cm³/mol. The number of carboxylic acid groups (broad SMARTS) is 1. The van der Waals surface area contributed by atoms with Crippen LogP contribution in [-0.2, 0) is 14.4 Å². The summed E-state index contributed by atoms with van der Waals surface area (Å²) >= 11 is 0. The smallest absolute Gasteiger partial charge is 0.320 e. The fourth-order valence-corrected chi connectivity index (χ4v) is 2.01.